The van der Waals surface area contributed by atoms with Gasteiger partial charge in [0, 0.05) is 32.6 Å². The van der Waals surface area contributed by atoms with Crippen LogP contribution in [-0.2, 0) is 35.8 Å². The standard InChI is InChI=1S/C28H28N4O6S/c1-2-30(16-19-6-4-3-5-7-19)25(34)17-32-21-11-13-39-26(21)27(35)31(28(32)36)12-10-24(33)29-15-20-8-9-22-23(14-20)38-18-37-22/h3-9,11,13-14H,2,10,12,15-18H2,1H3,(H,29,33). The van der Waals surface area contributed by atoms with Crippen molar-refractivity contribution in [3.63, 3.8) is 0 Å². The fraction of sp³-hybridized carbons (Fsp3) is 0.286. The lowest BCUT2D eigenvalue weighted by molar-refractivity contribution is -0.132. The van der Waals surface area contributed by atoms with Gasteiger partial charge in [-0.2, -0.15) is 0 Å². The molecule has 0 fully saturated rings. The van der Waals surface area contributed by atoms with Gasteiger partial charge in [0.05, 0.1) is 5.52 Å². The largest absolute Gasteiger partial charge is 0.454 e. The number of rotatable bonds is 10. The fourth-order valence-corrected chi connectivity index (χ4v) is 5.29. The molecule has 0 saturated heterocycles. The highest BCUT2D eigenvalue weighted by atomic mass is 32.1. The van der Waals surface area contributed by atoms with Gasteiger partial charge in [0.1, 0.15) is 11.2 Å². The summed E-state index contributed by atoms with van der Waals surface area (Å²) in [5.74, 6) is 0.735. The number of amides is 2. The number of carbonyl (C=O) groups is 2. The van der Waals surface area contributed by atoms with E-state index in [1.165, 1.54) is 15.9 Å². The fourth-order valence-electron chi connectivity index (χ4n) is 4.45. The molecule has 1 aliphatic rings. The molecule has 2 aromatic heterocycles. The zero-order valence-electron chi connectivity index (χ0n) is 21.4. The molecule has 39 heavy (non-hydrogen) atoms. The van der Waals surface area contributed by atoms with Crippen molar-refractivity contribution in [3.8, 4) is 11.5 Å². The Balaban J connectivity index is 1.29. The number of nitrogens with zero attached hydrogens (tertiary/aromatic N) is 3. The number of likely N-dealkylation sites (N-methyl/N-ethyl adjacent to an activating group) is 1. The Morgan fingerprint density at radius 1 is 1.00 bits per heavy atom. The third kappa shape index (κ3) is 5.73. The van der Waals surface area contributed by atoms with Crippen LogP contribution in [0.1, 0.15) is 24.5 Å². The molecule has 0 atom stereocenters. The van der Waals surface area contributed by atoms with Crippen molar-refractivity contribution in [1.82, 2.24) is 19.4 Å². The van der Waals surface area contributed by atoms with Crippen molar-refractivity contribution in [2.24, 2.45) is 0 Å². The van der Waals surface area contributed by atoms with Crippen molar-refractivity contribution in [2.75, 3.05) is 13.3 Å². The molecule has 2 amide bonds. The lowest BCUT2D eigenvalue weighted by Gasteiger charge is -2.22. The number of ether oxygens (including phenoxy) is 2. The average molecular weight is 549 g/mol. The maximum atomic E-state index is 13.4. The second-order valence-electron chi connectivity index (χ2n) is 9.07. The highest BCUT2D eigenvalue weighted by Crippen LogP contribution is 2.32. The lowest BCUT2D eigenvalue weighted by Crippen LogP contribution is -2.43. The van der Waals surface area contributed by atoms with Gasteiger partial charge in [-0.15, -0.1) is 11.3 Å². The van der Waals surface area contributed by atoms with Crippen LogP contribution in [0.2, 0.25) is 0 Å². The predicted molar refractivity (Wildman–Crippen MR) is 147 cm³/mol. The van der Waals surface area contributed by atoms with Crippen LogP contribution in [0, 0.1) is 0 Å². The Morgan fingerprint density at radius 2 is 1.79 bits per heavy atom. The number of thiophene rings is 1. The van der Waals surface area contributed by atoms with Crippen LogP contribution in [0.15, 0.2) is 69.6 Å². The molecule has 1 aliphatic heterocycles. The summed E-state index contributed by atoms with van der Waals surface area (Å²) in [5.41, 5.74) is 1.16. The maximum absolute atomic E-state index is 13.4. The van der Waals surface area contributed by atoms with Crippen molar-refractivity contribution in [2.45, 2.75) is 39.5 Å². The quantitative estimate of drug-likeness (QED) is 0.326. The minimum atomic E-state index is -0.612. The second kappa shape index (κ2) is 11.6. The monoisotopic (exact) mass is 548 g/mol. The van der Waals surface area contributed by atoms with Gasteiger partial charge in [-0.3, -0.25) is 23.5 Å². The molecule has 0 spiro atoms. The smallest absolute Gasteiger partial charge is 0.332 e. The molecule has 0 aliphatic carbocycles. The van der Waals surface area contributed by atoms with Crippen LogP contribution in [0.4, 0.5) is 0 Å². The van der Waals surface area contributed by atoms with Crippen LogP contribution >= 0.6 is 11.3 Å². The number of aromatic nitrogens is 2. The first kappa shape index (κ1) is 26.2. The van der Waals surface area contributed by atoms with Crippen molar-refractivity contribution >= 4 is 33.4 Å². The zero-order chi connectivity index (χ0) is 27.4. The minimum Gasteiger partial charge on any atom is -0.454 e. The first-order valence-corrected chi connectivity index (χ1v) is 13.5. The van der Waals surface area contributed by atoms with E-state index in [9.17, 15) is 19.2 Å². The van der Waals surface area contributed by atoms with Crippen LogP contribution < -0.4 is 26.0 Å². The van der Waals surface area contributed by atoms with Crippen molar-refractivity contribution < 1.29 is 19.1 Å². The summed E-state index contributed by atoms with van der Waals surface area (Å²) in [4.78, 5) is 54.0. The summed E-state index contributed by atoms with van der Waals surface area (Å²) >= 11 is 1.21. The Bertz CT molecular complexity index is 1620. The minimum absolute atomic E-state index is 0.0698. The highest BCUT2D eigenvalue weighted by Gasteiger charge is 2.20. The second-order valence-corrected chi connectivity index (χ2v) is 9.98. The van der Waals surface area contributed by atoms with Gasteiger partial charge in [-0.05, 0) is 41.6 Å². The van der Waals surface area contributed by atoms with E-state index >= 15 is 0 Å². The Hall–Kier alpha value is -4.38. The van der Waals surface area contributed by atoms with E-state index < -0.39 is 11.2 Å². The number of carbonyl (C=O) groups excluding carboxylic acids is 2. The summed E-state index contributed by atoms with van der Waals surface area (Å²) in [6.07, 6.45) is -0.0698. The van der Waals surface area contributed by atoms with Gasteiger partial charge in [-0.1, -0.05) is 36.4 Å². The van der Waals surface area contributed by atoms with E-state index in [0.29, 0.717) is 34.8 Å². The number of fused-ring (bicyclic) bond motifs is 2. The summed E-state index contributed by atoms with van der Waals surface area (Å²) in [6, 6.07) is 16.7. The van der Waals surface area contributed by atoms with Crippen LogP contribution in [0.25, 0.3) is 10.2 Å². The Labute approximate surface area is 228 Å². The number of hydrogen-bond donors (Lipinski definition) is 1. The van der Waals surface area contributed by atoms with Gasteiger partial charge >= 0.3 is 5.69 Å². The van der Waals surface area contributed by atoms with Gasteiger partial charge in [0.2, 0.25) is 18.6 Å². The molecule has 4 aromatic rings. The molecular formula is C28H28N4O6S. The first-order valence-electron chi connectivity index (χ1n) is 12.6. The molecule has 0 radical (unpaired) electrons. The van der Waals surface area contributed by atoms with Crippen LogP contribution in [0.3, 0.4) is 0 Å². The third-order valence-electron chi connectivity index (χ3n) is 6.57. The molecule has 3 heterocycles. The SMILES string of the molecule is CCN(Cc1ccccc1)C(=O)Cn1c(=O)n(CCC(=O)NCc2ccc3c(c2)OCO3)c(=O)c2sccc21. The maximum Gasteiger partial charge on any atom is 0.332 e. The van der Waals surface area contributed by atoms with Crippen molar-refractivity contribution in [3.05, 3.63) is 91.9 Å². The molecule has 10 nitrogen and oxygen atoms in total. The van der Waals surface area contributed by atoms with E-state index in [4.69, 9.17) is 9.47 Å². The molecular weight excluding hydrogens is 520 g/mol. The first-order chi connectivity index (χ1) is 18.9. The summed E-state index contributed by atoms with van der Waals surface area (Å²) in [7, 11) is 0. The Kier molecular flexibility index (Phi) is 7.78. The zero-order valence-corrected chi connectivity index (χ0v) is 22.2. The van der Waals surface area contributed by atoms with Crippen LogP contribution in [0.5, 0.6) is 11.5 Å². The molecule has 5 rings (SSSR count). The number of hydrogen-bond acceptors (Lipinski definition) is 7. The van der Waals surface area contributed by atoms with E-state index in [1.807, 2.05) is 43.3 Å². The van der Waals surface area contributed by atoms with Gasteiger partial charge in [0.25, 0.3) is 5.56 Å². The summed E-state index contributed by atoms with van der Waals surface area (Å²) in [6.45, 7) is 2.90. The normalized spacial score (nSPS) is 12.0. The van der Waals surface area contributed by atoms with Gasteiger partial charge in [0.15, 0.2) is 11.5 Å². The Morgan fingerprint density at radius 3 is 2.59 bits per heavy atom. The van der Waals surface area contributed by atoms with Crippen molar-refractivity contribution in [1.29, 1.82) is 0 Å². The van der Waals surface area contributed by atoms with E-state index in [1.54, 1.807) is 28.5 Å². The molecule has 0 bridgehead atoms. The molecule has 202 valence electrons. The lowest BCUT2D eigenvalue weighted by atomic mass is 10.2. The molecule has 0 unspecified atom stereocenters. The van der Waals surface area contributed by atoms with Gasteiger partial charge < -0.3 is 19.7 Å². The summed E-state index contributed by atoms with van der Waals surface area (Å²) < 4.78 is 13.4. The topological polar surface area (TPSA) is 112 Å². The molecule has 2 aromatic carbocycles. The predicted octanol–water partition coefficient (Wildman–Crippen LogP) is 2.71. The summed E-state index contributed by atoms with van der Waals surface area (Å²) in [5, 5.41) is 4.53. The van der Waals surface area contributed by atoms with Crippen LogP contribution in [-0.4, -0.2) is 39.2 Å². The number of benzene rings is 2. The van der Waals surface area contributed by atoms with E-state index in [0.717, 1.165) is 15.7 Å². The van der Waals surface area contributed by atoms with E-state index in [2.05, 4.69) is 5.32 Å². The van der Waals surface area contributed by atoms with Gasteiger partial charge in [-0.25, -0.2) is 4.79 Å². The molecule has 0 saturated carbocycles. The average Bonchev–Trinajstić information content (AvgIpc) is 3.63. The van der Waals surface area contributed by atoms with E-state index in [-0.39, 0.29) is 44.7 Å². The molecule has 11 heteroatoms. The molecule has 1 N–H and O–H groups in total. The highest BCUT2D eigenvalue weighted by molar-refractivity contribution is 7.17. The number of nitrogens with one attached hydrogen (secondary N) is 1. The third-order valence-corrected chi connectivity index (χ3v) is 7.46.